The van der Waals surface area contributed by atoms with Crippen LogP contribution in [0.15, 0.2) is 12.7 Å². The van der Waals surface area contributed by atoms with Crippen molar-refractivity contribution in [3.63, 3.8) is 0 Å². The second kappa shape index (κ2) is 3.77. The minimum Gasteiger partial charge on any atom is -0.393 e. The Morgan fingerprint density at radius 1 is 1.54 bits per heavy atom. The molecule has 1 aliphatic carbocycles. The van der Waals surface area contributed by atoms with E-state index in [1.54, 1.807) is 6.08 Å². The van der Waals surface area contributed by atoms with Crippen LogP contribution >= 0.6 is 0 Å². The van der Waals surface area contributed by atoms with E-state index in [-0.39, 0.29) is 12.3 Å². The van der Waals surface area contributed by atoms with Crippen LogP contribution in [0.5, 0.6) is 0 Å². The molecule has 3 N–H and O–H groups in total. The fraction of sp³-hybridized carbons (Fsp3) is 0.750. The number of hydrogen-bond donors (Lipinski definition) is 2. The number of allylic oxidation sites excluding steroid dienone is 1. The first-order valence-electron chi connectivity index (χ1n) is 4.25. The van der Waals surface area contributed by atoms with Crippen LogP contribution in [0.25, 0.3) is 0 Å². The van der Waals surface area contributed by atoms with Gasteiger partial charge >= 0.3 is 0 Å². The highest BCUT2D eigenvalue weighted by Gasteiger charge is 2.39. The predicted octanol–water partition coefficient (Wildman–Crippen LogP) is -0.00950. The fourth-order valence-corrected chi connectivity index (χ4v) is 3.17. The van der Waals surface area contributed by atoms with Crippen molar-refractivity contribution in [1.82, 2.24) is 0 Å². The fourth-order valence-electron chi connectivity index (χ4n) is 1.92. The van der Waals surface area contributed by atoms with E-state index >= 15 is 0 Å². The Kier molecular flexibility index (Phi) is 3.10. The summed E-state index contributed by atoms with van der Waals surface area (Å²) in [4.78, 5) is 0. The standard InChI is InChI=1S/C8H15NO3S/c1-2-3-6-4-7(10)5-8(6)13(9,11)12/h2,6-8,10H,1,3-5H2,(H2,9,11,12)/t6-,7-,8-/m0/s1. The zero-order chi connectivity index (χ0) is 10.1. The van der Waals surface area contributed by atoms with Gasteiger partial charge in [0.2, 0.25) is 10.0 Å². The van der Waals surface area contributed by atoms with Crippen molar-refractivity contribution in [2.45, 2.75) is 30.6 Å². The maximum atomic E-state index is 11.1. The smallest absolute Gasteiger partial charge is 0.212 e. The Balaban J connectivity index is 2.77. The highest BCUT2D eigenvalue weighted by Crippen LogP contribution is 2.32. The molecule has 0 unspecified atom stereocenters. The summed E-state index contributed by atoms with van der Waals surface area (Å²) in [6.45, 7) is 3.55. The summed E-state index contributed by atoms with van der Waals surface area (Å²) >= 11 is 0. The number of aliphatic hydroxyl groups is 1. The summed E-state index contributed by atoms with van der Waals surface area (Å²) < 4.78 is 22.2. The second-order valence-corrected chi connectivity index (χ2v) is 5.32. The summed E-state index contributed by atoms with van der Waals surface area (Å²) in [5, 5.41) is 13.8. The second-order valence-electron chi connectivity index (χ2n) is 3.54. The van der Waals surface area contributed by atoms with Crippen LogP contribution in [-0.4, -0.2) is 24.9 Å². The number of aliphatic hydroxyl groups excluding tert-OH is 1. The Morgan fingerprint density at radius 3 is 2.62 bits per heavy atom. The Hall–Kier alpha value is -0.390. The maximum Gasteiger partial charge on any atom is 0.212 e. The number of nitrogens with two attached hydrogens (primary N) is 1. The average molecular weight is 205 g/mol. The molecule has 0 bridgehead atoms. The number of hydrogen-bond acceptors (Lipinski definition) is 3. The Morgan fingerprint density at radius 2 is 2.15 bits per heavy atom. The van der Waals surface area contributed by atoms with E-state index in [0.29, 0.717) is 12.8 Å². The Labute approximate surface area is 78.5 Å². The molecule has 0 heterocycles. The molecular formula is C8H15NO3S. The zero-order valence-corrected chi connectivity index (χ0v) is 8.20. The molecule has 76 valence electrons. The van der Waals surface area contributed by atoms with Crippen LogP contribution in [0, 0.1) is 5.92 Å². The van der Waals surface area contributed by atoms with Crippen LogP contribution < -0.4 is 5.14 Å². The molecule has 1 rings (SSSR count). The van der Waals surface area contributed by atoms with Crippen molar-refractivity contribution in [3.8, 4) is 0 Å². The lowest BCUT2D eigenvalue weighted by Crippen LogP contribution is -2.31. The summed E-state index contributed by atoms with van der Waals surface area (Å²) in [5.41, 5.74) is 0. The number of primary sulfonamides is 1. The van der Waals surface area contributed by atoms with Gasteiger partial charge in [0.1, 0.15) is 0 Å². The quantitative estimate of drug-likeness (QED) is 0.636. The van der Waals surface area contributed by atoms with Crippen molar-refractivity contribution in [2.75, 3.05) is 0 Å². The molecule has 1 saturated carbocycles. The molecule has 0 spiro atoms. The van der Waals surface area contributed by atoms with Gasteiger partial charge in [-0.3, -0.25) is 0 Å². The third kappa shape index (κ3) is 2.52. The van der Waals surface area contributed by atoms with Crippen molar-refractivity contribution < 1.29 is 13.5 Å². The van der Waals surface area contributed by atoms with E-state index in [2.05, 4.69) is 6.58 Å². The monoisotopic (exact) mass is 205 g/mol. The van der Waals surface area contributed by atoms with Gasteiger partial charge in [-0.1, -0.05) is 6.08 Å². The lowest BCUT2D eigenvalue weighted by Gasteiger charge is -2.14. The lowest BCUT2D eigenvalue weighted by molar-refractivity contribution is 0.178. The molecule has 0 aromatic rings. The minimum atomic E-state index is -3.51. The van der Waals surface area contributed by atoms with Gasteiger partial charge in [-0.2, -0.15) is 0 Å². The van der Waals surface area contributed by atoms with E-state index in [1.165, 1.54) is 0 Å². The van der Waals surface area contributed by atoms with E-state index in [4.69, 9.17) is 5.14 Å². The van der Waals surface area contributed by atoms with E-state index in [0.717, 1.165) is 0 Å². The summed E-state index contributed by atoms with van der Waals surface area (Å²) in [5.74, 6) is -0.0671. The zero-order valence-electron chi connectivity index (χ0n) is 7.39. The number of sulfonamides is 1. The molecule has 0 amide bonds. The van der Waals surface area contributed by atoms with Crippen molar-refractivity contribution in [1.29, 1.82) is 0 Å². The van der Waals surface area contributed by atoms with Crippen molar-refractivity contribution in [2.24, 2.45) is 11.1 Å². The third-order valence-electron chi connectivity index (χ3n) is 2.50. The highest BCUT2D eigenvalue weighted by molar-refractivity contribution is 7.89. The molecule has 4 nitrogen and oxygen atoms in total. The van der Waals surface area contributed by atoms with Gasteiger partial charge in [0.25, 0.3) is 0 Å². The molecule has 0 aromatic heterocycles. The van der Waals surface area contributed by atoms with Crippen LogP contribution in [0.4, 0.5) is 0 Å². The molecule has 13 heavy (non-hydrogen) atoms. The maximum absolute atomic E-state index is 11.1. The van der Waals surface area contributed by atoms with E-state index in [1.807, 2.05) is 0 Å². The molecule has 0 aromatic carbocycles. The van der Waals surface area contributed by atoms with Crippen LogP contribution in [0.1, 0.15) is 19.3 Å². The van der Waals surface area contributed by atoms with Gasteiger partial charge in [0, 0.05) is 0 Å². The van der Waals surface area contributed by atoms with E-state index < -0.39 is 21.4 Å². The first-order chi connectivity index (χ1) is 5.95. The highest BCUT2D eigenvalue weighted by atomic mass is 32.2. The molecular weight excluding hydrogens is 190 g/mol. The van der Waals surface area contributed by atoms with Crippen LogP contribution in [-0.2, 0) is 10.0 Å². The summed E-state index contributed by atoms with van der Waals surface area (Å²) in [6, 6.07) is 0. The summed E-state index contributed by atoms with van der Waals surface area (Å²) in [6.07, 6.45) is 2.50. The van der Waals surface area contributed by atoms with Crippen LogP contribution in [0.3, 0.4) is 0 Å². The summed E-state index contributed by atoms with van der Waals surface area (Å²) in [7, 11) is -3.51. The van der Waals surface area contributed by atoms with Crippen molar-refractivity contribution >= 4 is 10.0 Å². The SMILES string of the molecule is C=CC[C@H]1C[C@H](O)C[C@@H]1S(N)(=O)=O. The molecule has 0 radical (unpaired) electrons. The minimum absolute atomic E-state index is 0.0671. The Bertz CT molecular complexity index is 286. The topological polar surface area (TPSA) is 80.4 Å². The first kappa shape index (κ1) is 10.7. The van der Waals surface area contributed by atoms with Crippen molar-refractivity contribution in [3.05, 3.63) is 12.7 Å². The molecule has 0 aliphatic heterocycles. The largest absolute Gasteiger partial charge is 0.393 e. The molecule has 5 heteroatoms. The van der Waals surface area contributed by atoms with Gasteiger partial charge in [-0.15, -0.1) is 6.58 Å². The molecule has 0 saturated heterocycles. The lowest BCUT2D eigenvalue weighted by atomic mass is 10.0. The van der Waals surface area contributed by atoms with Gasteiger partial charge in [0.15, 0.2) is 0 Å². The van der Waals surface area contributed by atoms with Crippen LogP contribution in [0.2, 0.25) is 0 Å². The van der Waals surface area contributed by atoms with Gasteiger partial charge in [0.05, 0.1) is 11.4 Å². The first-order valence-corrected chi connectivity index (χ1v) is 5.86. The van der Waals surface area contributed by atoms with E-state index in [9.17, 15) is 13.5 Å². The van der Waals surface area contributed by atoms with Gasteiger partial charge in [-0.05, 0) is 25.2 Å². The van der Waals surface area contributed by atoms with Gasteiger partial charge in [-0.25, -0.2) is 13.6 Å². The molecule has 3 atom stereocenters. The molecule has 1 aliphatic rings. The van der Waals surface area contributed by atoms with Gasteiger partial charge < -0.3 is 5.11 Å². The number of rotatable bonds is 3. The molecule has 1 fully saturated rings. The average Bonchev–Trinajstić information content (AvgIpc) is 2.30. The third-order valence-corrected chi connectivity index (χ3v) is 3.92. The normalized spacial score (nSPS) is 34.8. The predicted molar refractivity (Wildman–Crippen MR) is 50.4 cm³/mol.